The van der Waals surface area contributed by atoms with Crippen molar-refractivity contribution in [3.05, 3.63) is 0 Å². The highest BCUT2D eigenvalue weighted by atomic mass is 16.7. The quantitative estimate of drug-likeness (QED) is 0.110. The van der Waals surface area contributed by atoms with Crippen LogP contribution in [0.3, 0.4) is 0 Å². The molecular weight excluding hydrogens is 396 g/mol. The first-order valence-corrected chi connectivity index (χ1v) is 14.5. The van der Waals surface area contributed by atoms with Crippen molar-refractivity contribution in [3.63, 3.8) is 0 Å². The maximum absolute atomic E-state index is 11.6. The fourth-order valence-electron chi connectivity index (χ4n) is 4.93. The molecule has 0 saturated carbocycles. The molecule has 1 N–H and O–H groups in total. The Bertz CT molecular complexity index is 378. The zero-order valence-corrected chi connectivity index (χ0v) is 22.2. The van der Waals surface area contributed by atoms with Crippen molar-refractivity contribution in [1.82, 2.24) is 0 Å². The number of carbonyl (C=O) groups is 1. The Hall–Kier alpha value is -0.730. The highest BCUT2D eigenvalue weighted by molar-refractivity contribution is 5.57. The Morgan fingerprint density at radius 2 is 0.750 bits per heavy atom. The first-order valence-electron chi connectivity index (χ1n) is 14.5. The molecule has 0 rings (SSSR count). The summed E-state index contributed by atoms with van der Waals surface area (Å²) in [6, 6.07) is 0. The topological polar surface area (TPSA) is 46.5 Å². The van der Waals surface area contributed by atoms with Gasteiger partial charge in [-0.3, -0.25) is 0 Å². The van der Waals surface area contributed by atoms with Gasteiger partial charge in [-0.2, -0.15) is 0 Å². The molecular formula is C29H58O3. The molecule has 0 saturated heterocycles. The predicted octanol–water partition coefficient (Wildman–Crippen LogP) is 10.8. The van der Waals surface area contributed by atoms with Gasteiger partial charge in [-0.25, -0.2) is 4.79 Å². The molecule has 3 heteroatoms. The average Bonchev–Trinajstić information content (AvgIpc) is 2.77. The zero-order valence-electron chi connectivity index (χ0n) is 22.2. The van der Waals surface area contributed by atoms with Gasteiger partial charge in [0.05, 0.1) is 0 Å². The number of rotatable bonds is 25. The smallest absolute Gasteiger partial charge is 0.450 e. The Labute approximate surface area is 201 Å². The molecule has 0 aliphatic rings. The van der Waals surface area contributed by atoms with E-state index in [9.17, 15) is 9.90 Å². The van der Waals surface area contributed by atoms with Gasteiger partial charge in [-0.15, -0.1) is 0 Å². The first-order chi connectivity index (χ1) is 15.6. The lowest BCUT2D eigenvalue weighted by atomic mass is 9.84. The Morgan fingerprint density at radius 3 is 1.00 bits per heavy atom. The van der Waals surface area contributed by atoms with Crippen LogP contribution in [-0.2, 0) is 4.74 Å². The van der Waals surface area contributed by atoms with Crippen molar-refractivity contribution < 1.29 is 14.6 Å². The molecule has 0 unspecified atom stereocenters. The van der Waals surface area contributed by atoms with Crippen molar-refractivity contribution in [1.29, 1.82) is 0 Å². The fourth-order valence-corrected chi connectivity index (χ4v) is 4.93. The molecule has 0 spiro atoms. The van der Waals surface area contributed by atoms with Gasteiger partial charge in [0.1, 0.15) is 5.60 Å². The summed E-state index contributed by atoms with van der Waals surface area (Å²) in [6.45, 7) is 6.76. The molecule has 0 fully saturated rings. The number of hydrogen-bond donors (Lipinski definition) is 1. The summed E-state index contributed by atoms with van der Waals surface area (Å²) < 4.78 is 5.68. The third kappa shape index (κ3) is 19.9. The van der Waals surface area contributed by atoms with Crippen LogP contribution in [0.15, 0.2) is 0 Å². The summed E-state index contributed by atoms with van der Waals surface area (Å²) >= 11 is 0. The minimum atomic E-state index is -1.07. The predicted molar refractivity (Wildman–Crippen MR) is 140 cm³/mol. The van der Waals surface area contributed by atoms with E-state index in [0.29, 0.717) is 0 Å². The maximum atomic E-state index is 11.6. The minimum Gasteiger partial charge on any atom is -0.450 e. The van der Waals surface area contributed by atoms with Crippen LogP contribution in [-0.4, -0.2) is 16.9 Å². The number of hydrogen-bond acceptors (Lipinski definition) is 2. The summed E-state index contributed by atoms with van der Waals surface area (Å²) in [5.74, 6) is 0. The third-order valence-corrected chi connectivity index (χ3v) is 7.01. The van der Waals surface area contributed by atoms with E-state index in [1.807, 2.05) is 0 Å². The van der Waals surface area contributed by atoms with Gasteiger partial charge < -0.3 is 9.84 Å². The molecule has 0 aromatic heterocycles. The summed E-state index contributed by atoms with van der Waals surface area (Å²) in [6.07, 6.45) is 28.3. The van der Waals surface area contributed by atoms with Crippen LogP contribution in [0.2, 0.25) is 0 Å². The van der Waals surface area contributed by atoms with E-state index in [-0.39, 0.29) is 0 Å². The van der Waals surface area contributed by atoms with E-state index in [1.54, 1.807) is 0 Å². The minimum absolute atomic E-state index is 0.442. The van der Waals surface area contributed by atoms with E-state index < -0.39 is 11.8 Å². The summed E-state index contributed by atoms with van der Waals surface area (Å²) in [4.78, 5) is 11.6. The van der Waals surface area contributed by atoms with E-state index in [2.05, 4.69) is 20.8 Å². The molecule has 0 aromatic carbocycles. The van der Waals surface area contributed by atoms with E-state index >= 15 is 0 Å². The van der Waals surface area contributed by atoms with Crippen LogP contribution in [0.4, 0.5) is 4.79 Å². The Balaban J connectivity index is 4.52. The molecule has 0 aliphatic heterocycles. The van der Waals surface area contributed by atoms with Crippen molar-refractivity contribution in [3.8, 4) is 0 Å². The van der Waals surface area contributed by atoms with Gasteiger partial charge in [-0.1, -0.05) is 136 Å². The molecule has 0 amide bonds. The van der Waals surface area contributed by atoms with E-state index in [1.165, 1.54) is 116 Å². The lowest BCUT2D eigenvalue weighted by molar-refractivity contribution is -0.0396. The van der Waals surface area contributed by atoms with Gasteiger partial charge in [0.15, 0.2) is 0 Å². The van der Waals surface area contributed by atoms with Crippen molar-refractivity contribution in [2.24, 2.45) is 0 Å². The number of unbranched alkanes of at least 4 members (excludes halogenated alkanes) is 18. The lowest BCUT2D eigenvalue weighted by Crippen LogP contribution is -2.35. The monoisotopic (exact) mass is 454 g/mol. The van der Waals surface area contributed by atoms with E-state index in [0.717, 1.165) is 38.5 Å². The molecule has 0 heterocycles. The van der Waals surface area contributed by atoms with Crippen LogP contribution in [0.1, 0.15) is 175 Å². The second-order valence-electron chi connectivity index (χ2n) is 10.2. The van der Waals surface area contributed by atoms with E-state index in [4.69, 9.17) is 4.74 Å². The highest BCUT2D eigenvalue weighted by Crippen LogP contribution is 2.33. The number of ether oxygens (including phenoxy) is 1. The van der Waals surface area contributed by atoms with Crippen LogP contribution in [0.5, 0.6) is 0 Å². The van der Waals surface area contributed by atoms with Gasteiger partial charge in [0.25, 0.3) is 0 Å². The normalized spacial score (nSPS) is 11.7. The van der Waals surface area contributed by atoms with Crippen molar-refractivity contribution >= 4 is 6.16 Å². The second-order valence-corrected chi connectivity index (χ2v) is 10.2. The van der Waals surface area contributed by atoms with Gasteiger partial charge in [-0.05, 0) is 38.5 Å². The second kappa shape index (κ2) is 23.4. The van der Waals surface area contributed by atoms with Crippen LogP contribution < -0.4 is 0 Å². The highest BCUT2D eigenvalue weighted by Gasteiger charge is 2.33. The third-order valence-electron chi connectivity index (χ3n) is 7.01. The molecule has 0 aromatic rings. The lowest BCUT2D eigenvalue weighted by Gasteiger charge is -2.33. The zero-order chi connectivity index (χ0) is 23.8. The molecule has 0 aliphatic carbocycles. The molecule has 32 heavy (non-hydrogen) atoms. The Morgan fingerprint density at radius 1 is 0.500 bits per heavy atom. The van der Waals surface area contributed by atoms with Crippen LogP contribution in [0.25, 0.3) is 0 Å². The van der Waals surface area contributed by atoms with Gasteiger partial charge in [0, 0.05) is 0 Å². The largest absolute Gasteiger partial charge is 0.506 e. The molecule has 0 atom stereocenters. The first kappa shape index (κ1) is 31.3. The summed E-state index contributed by atoms with van der Waals surface area (Å²) in [5, 5.41) is 9.52. The van der Waals surface area contributed by atoms with Crippen molar-refractivity contribution in [2.45, 2.75) is 180 Å². The average molecular weight is 455 g/mol. The molecule has 3 nitrogen and oxygen atoms in total. The molecule has 0 radical (unpaired) electrons. The van der Waals surface area contributed by atoms with Crippen molar-refractivity contribution in [2.75, 3.05) is 0 Å². The molecule has 0 bridgehead atoms. The fraction of sp³-hybridized carbons (Fsp3) is 0.966. The van der Waals surface area contributed by atoms with Gasteiger partial charge >= 0.3 is 6.16 Å². The summed E-state index contributed by atoms with van der Waals surface area (Å²) in [7, 11) is 0. The van der Waals surface area contributed by atoms with Gasteiger partial charge in [0.2, 0.25) is 0 Å². The maximum Gasteiger partial charge on any atom is 0.506 e. The Kier molecular flexibility index (Phi) is 22.9. The summed E-state index contributed by atoms with van der Waals surface area (Å²) in [5.41, 5.74) is -0.442. The number of carboxylic acid groups (broad SMARTS) is 1. The standard InChI is InChI=1S/C29H58O3/c1-4-7-10-13-16-17-18-21-24-27-29(32-28(30)31,25-22-19-14-11-8-5-2)26-23-20-15-12-9-6-3/h4-27H2,1-3H3,(H,30,31). The van der Waals surface area contributed by atoms with Crippen LogP contribution in [0, 0.1) is 0 Å². The SMILES string of the molecule is CCCCCCCCCCCC(CCCCCCCC)(CCCCCCCC)OC(=O)O. The van der Waals surface area contributed by atoms with Crippen LogP contribution >= 0.6 is 0 Å². The molecule has 192 valence electrons.